The summed E-state index contributed by atoms with van der Waals surface area (Å²) in [6.45, 7) is 0. The van der Waals surface area contributed by atoms with Crippen molar-refractivity contribution in [3.05, 3.63) is 4.91 Å². The normalized spacial score (nSPS) is 1.00. The SMILES string of the molecule is N=O.[B].[Li]. The second-order valence-corrected chi connectivity index (χ2v) is 0. The van der Waals surface area contributed by atoms with Gasteiger partial charge in [0.25, 0.3) is 0 Å². The number of rotatable bonds is 0. The Kier molecular flexibility index (Phi) is 1730. The van der Waals surface area contributed by atoms with Gasteiger partial charge in [-0.15, -0.1) is 0 Å². The van der Waals surface area contributed by atoms with Crippen molar-refractivity contribution in [2.24, 2.45) is 0 Å². The Bertz CT molecular complexity index is 8.00. The Morgan fingerprint density at radius 3 is 1.25 bits per heavy atom. The third-order valence-electron chi connectivity index (χ3n) is 0. The van der Waals surface area contributed by atoms with E-state index in [0.29, 0.717) is 0 Å². The molecule has 0 spiro atoms. The van der Waals surface area contributed by atoms with E-state index in [1.165, 1.54) is 0 Å². The average molecular weight is 48.8 g/mol. The average Bonchev–Trinajstić information content (AvgIpc) is 1.00. The summed E-state index contributed by atoms with van der Waals surface area (Å²) < 4.78 is 0. The summed E-state index contributed by atoms with van der Waals surface area (Å²) in [7, 11) is 0. The molecular weight excluding hydrogens is 47.8 g/mol. The molecule has 0 aliphatic carbocycles. The van der Waals surface area contributed by atoms with Gasteiger partial charge in [0, 0.05) is 27.3 Å². The van der Waals surface area contributed by atoms with Gasteiger partial charge in [-0.3, -0.25) is 0 Å². The zero-order valence-electron chi connectivity index (χ0n) is 2.49. The number of hydrogen-bond donors (Lipinski definition) is 1. The molecule has 0 aromatic carbocycles. The van der Waals surface area contributed by atoms with Crippen LogP contribution in [0.2, 0.25) is 0 Å². The maximum absolute atomic E-state index is 7.50. The molecule has 0 fully saturated rings. The Labute approximate surface area is 38.5 Å². The van der Waals surface area contributed by atoms with Crippen molar-refractivity contribution < 1.29 is 0 Å². The van der Waals surface area contributed by atoms with Gasteiger partial charge in [-0.05, 0) is 0 Å². The standard InChI is InChI=1S/B.Li.HNO/c;;1-2/h;;1H. The van der Waals surface area contributed by atoms with E-state index in [1.807, 2.05) is 0 Å². The Balaban J connectivity index is -0.00000000500. The first-order chi connectivity index (χ1) is 1.00. The molecule has 0 atom stereocenters. The van der Waals surface area contributed by atoms with Gasteiger partial charge in [-0.1, -0.05) is 5.59 Å². The number of nitroso groups, excluding NO2 is 1. The van der Waals surface area contributed by atoms with E-state index in [-0.39, 0.29) is 27.3 Å². The Hall–Kier alpha value is 0.262. The summed E-state index contributed by atoms with van der Waals surface area (Å²) in [6, 6.07) is 0. The molecule has 0 saturated heterocycles. The van der Waals surface area contributed by atoms with Gasteiger partial charge < -0.3 is 0 Å². The minimum absolute atomic E-state index is 0. The summed E-state index contributed by atoms with van der Waals surface area (Å²) in [5.41, 5.74) is 4.50. The van der Waals surface area contributed by atoms with Gasteiger partial charge in [-0.25, -0.2) is 0 Å². The minimum atomic E-state index is 0. The Morgan fingerprint density at radius 1 is 1.25 bits per heavy atom. The van der Waals surface area contributed by atoms with E-state index in [1.54, 1.807) is 0 Å². The molecule has 0 heterocycles. The first-order valence-corrected chi connectivity index (χ1v) is 0.204. The molecule has 4 heavy (non-hydrogen) atoms. The van der Waals surface area contributed by atoms with Crippen LogP contribution in [0.5, 0.6) is 0 Å². The molecule has 0 aromatic heterocycles. The molecular formula is HBLiNO. The topological polar surface area (TPSA) is 40.9 Å². The summed E-state index contributed by atoms with van der Waals surface area (Å²) in [5, 5.41) is 0. The van der Waals surface area contributed by atoms with E-state index < -0.39 is 0 Å². The molecule has 1 N–H and O–H groups in total. The zero-order chi connectivity index (χ0) is 2.00. The van der Waals surface area contributed by atoms with Crippen LogP contribution in [0, 0.1) is 10.5 Å². The van der Waals surface area contributed by atoms with Gasteiger partial charge >= 0.3 is 0 Å². The van der Waals surface area contributed by atoms with Crippen molar-refractivity contribution in [2.45, 2.75) is 0 Å². The fourth-order valence-electron chi connectivity index (χ4n) is 0. The van der Waals surface area contributed by atoms with Crippen LogP contribution < -0.4 is 0 Å². The van der Waals surface area contributed by atoms with Gasteiger partial charge in [-0.2, -0.15) is 4.91 Å². The van der Waals surface area contributed by atoms with Crippen LogP contribution in [-0.4, -0.2) is 27.3 Å². The molecule has 4 heteroatoms. The molecule has 0 aliphatic heterocycles. The molecule has 0 aromatic rings. The molecule has 4 radical (unpaired) electrons. The van der Waals surface area contributed by atoms with Crippen molar-refractivity contribution in [3.63, 3.8) is 0 Å². The van der Waals surface area contributed by atoms with E-state index in [2.05, 4.69) is 5.59 Å². The van der Waals surface area contributed by atoms with E-state index in [0.717, 1.165) is 0 Å². The summed E-state index contributed by atoms with van der Waals surface area (Å²) in [4.78, 5) is 7.50. The predicted octanol–water partition coefficient (Wildman–Crippen LogP) is -0.430. The van der Waals surface area contributed by atoms with Crippen LogP contribution in [0.25, 0.3) is 0 Å². The van der Waals surface area contributed by atoms with E-state index >= 15 is 0 Å². The van der Waals surface area contributed by atoms with Crippen LogP contribution in [0.3, 0.4) is 0 Å². The van der Waals surface area contributed by atoms with Crippen LogP contribution in [0.4, 0.5) is 0 Å². The fraction of sp³-hybridized carbons (Fsp3) is 0. The molecule has 0 aliphatic rings. The maximum Gasteiger partial charge on any atom is 0 e. The third-order valence-corrected chi connectivity index (χ3v) is 0. The molecule has 2 nitrogen and oxygen atoms in total. The minimum Gasteiger partial charge on any atom is -0.154 e. The van der Waals surface area contributed by atoms with Crippen molar-refractivity contribution in [1.29, 1.82) is 5.59 Å². The van der Waals surface area contributed by atoms with Gasteiger partial charge in [0.1, 0.15) is 0 Å². The molecule has 16 valence electrons. The van der Waals surface area contributed by atoms with Gasteiger partial charge in [0.15, 0.2) is 0 Å². The molecule has 0 unspecified atom stereocenters. The summed E-state index contributed by atoms with van der Waals surface area (Å²) in [5.74, 6) is 0. The first-order valence-electron chi connectivity index (χ1n) is 0.204. The zero-order valence-corrected chi connectivity index (χ0v) is 2.49. The van der Waals surface area contributed by atoms with Crippen molar-refractivity contribution in [1.82, 2.24) is 0 Å². The molecule has 0 amide bonds. The van der Waals surface area contributed by atoms with Crippen molar-refractivity contribution >= 4 is 27.3 Å². The number of hydrogen-bond acceptors (Lipinski definition) is 2. The van der Waals surface area contributed by atoms with Crippen LogP contribution in [0.15, 0.2) is 0 Å². The second kappa shape index (κ2) is 243. The Morgan fingerprint density at radius 2 is 1.25 bits per heavy atom. The van der Waals surface area contributed by atoms with Crippen LogP contribution >= 0.6 is 0 Å². The van der Waals surface area contributed by atoms with Gasteiger partial charge in [0.2, 0.25) is 0 Å². The maximum atomic E-state index is 7.50. The van der Waals surface area contributed by atoms with Crippen molar-refractivity contribution in [3.8, 4) is 0 Å². The molecule has 0 rings (SSSR count). The third kappa shape index (κ3) is 52.4. The van der Waals surface area contributed by atoms with Crippen LogP contribution in [-0.2, 0) is 0 Å². The van der Waals surface area contributed by atoms with Gasteiger partial charge in [0.05, 0.1) is 0 Å². The number of nitrogens with one attached hydrogen (secondary N) is 1. The van der Waals surface area contributed by atoms with Crippen LogP contribution in [0.1, 0.15) is 0 Å². The monoisotopic (exact) mass is 49.0 g/mol. The largest absolute Gasteiger partial charge is 0.154 e. The van der Waals surface area contributed by atoms with E-state index in [4.69, 9.17) is 4.91 Å². The van der Waals surface area contributed by atoms with E-state index in [9.17, 15) is 0 Å². The predicted molar refractivity (Wildman–Crippen MR) is 17.6 cm³/mol. The fourth-order valence-corrected chi connectivity index (χ4v) is 0. The quantitative estimate of drug-likeness (QED) is 0.293. The molecule has 0 saturated carbocycles. The summed E-state index contributed by atoms with van der Waals surface area (Å²) in [6.07, 6.45) is 0. The van der Waals surface area contributed by atoms with Crippen molar-refractivity contribution in [2.75, 3.05) is 0 Å². The second-order valence-electron chi connectivity index (χ2n) is 0. The molecule has 0 bridgehead atoms. The smallest absolute Gasteiger partial charge is 0 e. The first kappa shape index (κ1) is 28.5. The summed E-state index contributed by atoms with van der Waals surface area (Å²) >= 11 is 0.